The molecule has 1 unspecified atom stereocenters. The molecule has 0 saturated carbocycles. The number of methoxy groups -OCH3 is 1. The summed E-state index contributed by atoms with van der Waals surface area (Å²) in [5, 5.41) is 13.2. The zero-order valence-corrected chi connectivity index (χ0v) is 10.3. The molecule has 1 aromatic carbocycles. The number of anilines is 1. The van der Waals surface area contributed by atoms with E-state index in [2.05, 4.69) is 5.32 Å². The molecule has 0 aliphatic heterocycles. The first-order valence-electron chi connectivity index (χ1n) is 4.95. The third kappa shape index (κ3) is 3.66. The van der Waals surface area contributed by atoms with Gasteiger partial charge in [0, 0.05) is 19.2 Å². The fourth-order valence-corrected chi connectivity index (χ4v) is 1.37. The Hall–Kier alpha value is -1.70. The molecule has 0 bridgehead atoms. The number of hydrogen-bond donors (Lipinski definition) is 2. The Morgan fingerprint density at radius 3 is 2.89 bits per heavy atom. The summed E-state index contributed by atoms with van der Waals surface area (Å²) < 4.78 is 4.73. The molecule has 0 spiro atoms. The number of amides is 1. The van der Waals surface area contributed by atoms with Crippen LogP contribution >= 0.6 is 11.6 Å². The molecule has 0 saturated heterocycles. The number of carbonyl (C=O) groups excluding carboxylic acids is 1. The van der Waals surface area contributed by atoms with Gasteiger partial charge in [0.1, 0.15) is 6.04 Å². The quantitative estimate of drug-likeness (QED) is 0.618. The molecule has 1 rings (SSSR count). The number of ether oxygens (including phenoxy) is 1. The van der Waals surface area contributed by atoms with Crippen LogP contribution in [0.1, 0.15) is 0 Å². The van der Waals surface area contributed by atoms with Crippen LogP contribution in [0.2, 0.25) is 5.02 Å². The van der Waals surface area contributed by atoms with Gasteiger partial charge in [-0.3, -0.25) is 14.9 Å². The van der Waals surface area contributed by atoms with Crippen molar-refractivity contribution in [3.05, 3.63) is 33.3 Å². The number of halogens is 1. The van der Waals surface area contributed by atoms with E-state index >= 15 is 0 Å². The number of rotatable bonds is 5. The van der Waals surface area contributed by atoms with Crippen molar-refractivity contribution in [2.75, 3.05) is 19.0 Å². The van der Waals surface area contributed by atoms with Crippen LogP contribution < -0.4 is 11.1 Å². The van der Waals surface area contributed by atoms with Crippen LogP contribution in [-0.2, 0) is 9.53 Å². The number of carbonyl (C=O) groups is 1. The van der Waals surface area contributed by atoms with E-state index in [0.717, 1.165) is 0 Å². The van der Waals surface area contributed by atoms with Gasteiger partial charge in [-0.2, -0.15) is 0 Å². The first kappa shape index (κ1) is 14.4. The normalized spacial score (nSPS) is 11.9. The predicted molar refractivity (Wildman–Crippen MR) is 66.6 cm³/mol. The van der Waals surface area contributed by atoms with Crippen molar-refractivity contribution < 1.29 is 14.5 Å². The average Bonchev–Trinajstić information content (AvgIpc) is 2.31. The van der Waals surface area contributed by atoms with Gasteiger partial charge in [0.15, 0.2) is 0 Å². The molecule has 8 heteroatoms. The Morgan fingerprint density at radius 2 is 2.33 bits per heavy atom. The topological polar surface area (TPSA) is 107 Å². The Kier molecular flexibility index (Phi) is 5.02. The highest BCUT2D eigenvalue weighted by Gasteiger charge is 2.16. The lowest BCUT2D eigenvalue weighted by Gasteiger charge is -2.12. The third-order valence-corrected chi connectivity index (χ3v) is 2.43. The van der Waals surface area contributed by atoms with Crippen LogP contribution in [-0.4, -0.2) is 30.6 Å². The molecule has 0 aliphatic carbocycles. The predicted octanol–water partition coefficient (Wildman–Crippen LogP) is 1.16. The lowest BCUT2D eigenvalue weighted by Crippen LogP contribution is -2.39. The van der Waals surface area contributed by atoms with E-state index in [0.29, 0.717) is 0 Å². The summed E-state index contributed by atoms with van der Waals surface area (Å²) in [5.41, 5.74) is 5.48. The van der Waals surface area contributed by atoms with Crippen molar-refractivity contribution in [3.63, 3.8) is 0 Å². The third-order valence-electron chi connectivity index (χ3n) is 2.10. The highest BCUT2D eigenvalue weighted by Crippen LogP contribution is 2.26. The Morgan fingerprint density at radius 1 is 1.67 bits per heavy atom. The Bertz CT molecular complexity index is 466. The number of nitrogens with one attached hydrogen (secondary N) is 1. The van der Waals surface area contributed by atoms with E-state index in [-0.39, 0.29) is 23.0 Å². The Labute approximate surface area is 108 Å². The number of benzene rings is 1. The number of nitrogens with zero attached hydrogens (tertiary/aromatic N) is 1. The number of nitro benzene ring substituents is 1. The van der Waals surface area contributed by atoms with Gasteiger partial charge >= 0.3 is 0 Å². The monoisotopic (exact) mass is 273 g/mol. The van der Waals surface area contributed by atoms with Crippen LogP contribution in [0.3, 0.4) is 0 Å². The molecule has 0 heterocycles. The number of hydrogen-bond acceptors (Lipinski definition) is 5. The van der Waals surface area contributed by atoms with Gasteiger partial charge in [0.25, 0.3) is 5.69 Å². The lowest BCUT2D eigenvalue weighted by atomic mass is 10.2. The molecule has 0 fully saturated rings. The highest BCUT2D eigenvalue weighted by molar-refractivity contribution is 6.33. The maximum absolute atomic E-state index is 11.6. The molecule has 7 nitrogen and oxygen atoms in total. The fraction of sp³-hybridized carbons (Fsp3) is 0.300. The largest absolute Gasteiger partial charge is 0.383 e. The summed E-state index contributed by atoms with van der Waals surface area (Å²) in [5.74, 6) is -0.528. The Balaban J connectivity index is 2.86. The van der Waals surface area contributed by atoms with E-state index in [1.807, 2.05) is 0 Å². The summed E-state index contributed by atoms with van der Waals surface area (Å²) in [6, 6.07) is 2.87. The number of non-ortho nitro benzene ring substituents is 1. The zero-order chi connectivity index (χ0) is 13.7. The van der Waals surface area contributed by atoms with Gasteiger partial charge in [-0.05, 0) is 6.07 Å². The SMILES string of the molecule is COCC(N)C(=O)Nc1cc([N+](=O)[O-])ccc1Cl. The first-order chi connectivity index (χ1) is 8.45. The number of nitro groups is 1. The second kappa shape index (κ2) is 6.29. The summed E-state index contributed by atoms with van der Waals surface area (Å²) >= 11 is 5.82. The molecule has 3 N–H and O–H groups in total. The second-order valence-electron chi connectivity index (χ2n) is 3.47. The van der Waals surface area contributed by atoms with E-state index < -0.39 is 16.9 Å². The van der Waals surface area contributed by atoms with Crippen molar-refractivity contribution in [3.8, 4) is 0 Å². The van der Waals surface area contributed by atoms with E-state index in [1.165, 1.54) is 25.3 Å². The van der Waals surface area contributed by atoms with Gasteiger partial charge in [0.05, 0.1) is 22.2 Å². The fourth-order valence-electron chi connectivity index (χ4n) is 1.20. The molecule has 1 atom stereocenters. The van der Waals surface area contributed by atoms with Crippen LogP contribution in [0.4, 0.5) is 11.4 Å². The summed E-state index contributed by atoms with van der Waals surface area (Å²) in [6.45, 7) is 0.0401. The van der Waals surface area contributed by atoms with Gasteiger partial charge in [0.2, 0.25) is 5.91 Å². The lowest BCUT2D eigenvalue weighted by molar-refractivity contribution is -0.384. The van der Waals surface area contributed by atoms with Crippen molar-refractivity contribution in [1.82, 2.24) is 0 Å². The van der Waals surface area contributed by atoms with Crippen LogP contribution in [0.25, 0.3) is 0 Å². The molecular formula is C10H12ClN3O4. The molecule has 0 radical (unpaired) electrons. The maximum Gasteiger partial charge on any atom is 0.271 e. The van der Waals surface area contributed by atoms with Gasteiger partial charge in [-0.25, -0.2) is 0 Å². The number of nitrogens with two attached hydrogens (primary N) is 1. The smallest absolute Gasteiger partial charge is 0.271 e. The summed E-state index contributed by atoms with van der Waals surface area (Å²) in [4.78, 5) is 21.6. The minimum atomic E-state index is -0.870. The van der Waals surface area contributed by atoms with Crippen LogP contribution in [0.15, 0.2) is 18.2 Å². The van der Waals surface area contributed by atoms with Crippen LogP contribution in [0.5, 0.6) is 0 Å². The first-order valence-corrected chi connectivity index (χ1v) is 5.33. The molecule has 1 amide bonds. The van der Waals surface area contributed by atoms with Crippen molar-refractivity contribution >= 4 is 28.9 Å². The van der Waals surface area contributed by atoms with E-state index in [1.54, 1.807) is 0 Å². The zero-order valence-electron chi connectivity index (χ0n) is 9.55. The van der Waals surface area contributed by atoms with Gasteiger partial charge in [-0.1, -0.05) is 11.6 Å². The minimum Gasteiger partial charge on any atom is -0.383 e. The van der Waals surface area contributed by atoms with Gasteiger partial charge < -0.3 is 15.8 Å². The summed E-state index contributed by atoms with van der Waals surface area (Å²) in [7, 11) is 1.41. The average molecular weight is 274 g/mol. The van der Waals surface area contributed by atoms with Crippen molar-refractivity contribution in [2.24, 2.45) is 5.73 Å². The van der Waals surface area contributed by atoms with Crippen molar-refractivity contribution in [2.45, 2.75) is 6.04 Å². The standard InChI is InChI=1S/C10H12ClN3O4/c1-18-5-8(12)10(15)13-9-4-6(14(16)17)2-3-7(9)11/h2-4,8H,5,12H2,1H3,(H,13,15). The minimum absolute atomic E-state index is 0.0401. The molecule has 0 aliphatic rings. The highest BCUT2D eigenvalue weighted by atomic mass is 35.5. The molecule has 98 valence electrons. The molecule has 1 aromatic rings. The van der Waals surface area contributed by atoms with Crippen LogP contribution in [0, 0.1) is 10.1 Å². The van der Waals surface area contributed by atoms with Crippen molar-refractivity contribution in [1.29, 1.82) is 0 Å². The summed E-state index contributed by atoms with van der Waals surface area (Å²) in [6.07, 6.45) is 0. The second-order valence-corrected chi connectivity index (χ2v) is 3.88. The van der Waals surface area contributed by atoms with Gasteiger partial charge in [-0.15, -0.1) is 0 Å². The molecule has 0 aromatic heterocycles. The molecule has 18 heavy (non-hydrogen) atoms. The van der Waals surface area contributed by atoms with E-state index in [9.17, 15) is 14.9 Å². The maximum atomic E-state index is 11.6. The van der Waals surface area contributed by atoms with E-state index in [4.69, 9.17) is 22.1 Å². The molecular weight excluding hydrogens is 262 g/mol.